The normalized spacial score (nSPS) is 15.9. The fourth-order valence-corrected chi connectivity index (χ4v) is 3.36. The van der Waals surface area contributed by atoms with E-state index < -0.39 is 12.0 Å². The van der Waals surface area contributed by atoms with Gasteiger partial charge in [-0.25, -0.2) is 4.79 Å². The molecule has 0 fully saturated rings. The highest BCUT2D eigenvalue weighted by atomic mass is 16.7. The van der Waals surface area contributed by atoms with Crippen LogP contribution in [-0.2, 0) is 9.63 Å². The van der Waals surface area contributed by atoms with E-state index in [9.17, 15) is 9.59 Å². The van der Waals surface area contributed by atoms with Gasteiger partial charge in [-0.3, -0.25) is 14.2 Å². The maximum absolute atomic E-state index is 12.8. The molecule has 3 aromatic rings. The van der Waals surface area contributed by atoms with Crippen molar-refractivity contribution in [3.05, 3.63) is 60.3 Å². The number of benzene rings is 2. The first-order valence-electron chi connectivity index (χ1n) is 8.45. The highest BCUT2D eigenvalue weighted by molar-refractivity contribution is 5.96. The smallest absolute Gasteiger partial charge is 0.353 e. The topological polar surface area (TPSA) is 70.0 Å². The molecule has 1 aromatic heterocycles. The minimum Gasteiger partial charge on any atom is -0.497 e. The number of amides is 1. The zero-order chi connectivity index (χ0) is 19.0. The number of esters is 1. The molecule has 1 amide bonds. The molecule has 7 nitrogen and oxygen atoms in total. The second kappa shape index (κ2) is 6.77. The highest BCUT2D eigenvalue weighted by Gasteiger charge is 2.40. The van der Waals surface area contributed by atoms with Crippen molar-refractivity contribution in [1.29, 1.82) is 0 Å². The van der Waals surface area contributed by atoms with E-state index >= 15 is 0 Å². The number of methoxy groups -OCH3 is 1. The van der Waals surface area contributed by atoms with Crippen LogP contribution >= 0.6 is 0 Å². The molecule has 1 aliphatic rings. The molecule has 2 aromatic carbocycles. The number of ether oxygens (including phenoxy) is 2. The third kappa shape index (κ3) is 2.92. The Hall–Kier alpha value is -3.32. The number of carbonyl (C=O) groups is 2. The Balaban J connectivity index is 1.66. The van der Waals surface area contributed by atoms with Crippen molar-refractivity contribution in [1.82, 2.24) is 9.63 Å². The number of fused-ring (bicyclic) bond motifs is 3. The average molecular weight is 366 g/mol. The molecule has 0 N–H and O–H groups in total. The Labute approximate surface area is 155 Å². The zero-order valence-corrected chi connectivity index (χ0v) is 14.9. The zero-order valence-electron chi connectivity index (χ0n) is 14.9. The van der Waals surface area contributed by atoms with Crippen LogP contribution in [0.5, 0.6) is 11.5 Å². The van der Waals surface area contributed by atoms with Crippen molar-refractivity contribution in [3.63, 3.8) is 0 Å². The van der Waals surface area contributed by atoms with Crippen molar-refractivity contribution >= 4 is 22.9 Å². The standard InChI is InChI=1S/C20H18N2O5/c1-25-15-8-9-16-13(10-15)11-17-18(22(26-2)20(24)21(16)17)12-19(23)27-14-6-4-3-5-7-14/h3-11,18H,12H2,1-2H3. The van der Waals surface area contributed by atoms with Crippen LogP contribution in [0.1, 0.15) is 18.2 Å². The molecule has 4 rings (SSSR count). The van der Waals surface area contributed by atoms with Crippen molar-refractivity contribution < 1.29 is 23.9 Å². The van der Waals surface area contributed by atoms with E-state index in [1.807, 2.05) is 24.3 Å². The Morgan fingerprint density at radius 1 is 1.04 bits per heavy atom. The Morgan fingerprint density at radius 3 is 2.52 bits per heavy atom. The van der Waals surface area contributed by atoms with E-state index in [1.165, 1.54) is 12.2 Å². The van der Waals surface area contributed by atoms with Crippen LogP contribution in [0.15, 0.2) is 54.6 Å². The maximum Gasteiger partial charge on any atom is 0.353 e. The van der Waals surface area contributed by atoms with Gasteiger partial charge in [0.05, 0.1) is 31.9 Å². The minimum absolute atomic E-state index is 0.0259. The van der Waals surface area contributed by atoms with Gasteiger partial charge in [0.25, 0.3) is 0 Å². The molecule has 0 radical (unpaired) electrons. The molecule has 1 unspecified atom stereocenters. The highest BCUT2D eigenvalue weighted by Crippen LogP contribution is 2.38. The molecule has 0 saturated carbocycles. The lowest BCUT2D eigenvalue weighted by molar-refractivity contribution is -0.143. The number of hydrogen-bond donors (Lipinski definition) is 0. The quantitative estimate of drug-likeness (QED) is 0.510. The third-order valence-corrected chi connectivity index (χ3v) is 4.57. The monoisotopic (exact) mass is 366 g/mol. The molecule has 0 aliphatic carbocycles. The summed E-state index contributed by atoms with van der Waals surface area (Å²) in [5, 5.41) is 2.06. The van der Waals surface area contributed by atoms with Gasteiger partial charge >= 0.3 is 12.0 Å². The summed E-state index contributed by atoms with van der Waals surface area (Å²) in [6, 6.07) is 15.2. The molecule has 0 spiro atoms. The summed E-state index contributed by atoms with van der Waals surface area (Å²) in [6.45, 7) is 0. The molecule has 27 heavy (non-hydrogen) atoms. The van der Waals surface area contributed by atoms with Crippen LogP contribution in [0.4, 0.5) is 4.79 Å². The lowest BCUT2D eigenvalue weighted by Gasteiger charge is -2.20. The maximum atomic E-state index is 12.8. The Kier molecular flexibility index (Phi) is 4.29. The summed E-state index contributed by atoms with van der Waals surface area (Å²) >= 11 is 0. The number of hydroxylamine groups is 2. The summed E-state index contributed by atoms with van der Waals surface area (Å²) in [7, 11) is 3.00. The summed E-state index contributed by atoms with van der Waals surface area (Å²) in [4.78, 5) is 30.5. The van der Waals surface area contributed by atoms with Gasteiger partial charge in [-0.2, -0.15) is 5.06 Å². The van der Waals surface area contributed by atoms with Crippen molar-refractivity contribution in [2.75, 3.05) is 14.2 Å². The van der Waals surface area contributed by atoms with Crippen LogP contribution in [0.3, 0.4) is 0 Å². The Morgan fingerprint density at radius 2 is 1.81 bits per heavy atom. The molecule has 1 atom stereocenters. The SMILES string of the molecule is COc1ccc2c(c1)cc1n2C(=O)N(OC)C1CC(=O)Oc1ccccc1. The fourth-order valence-electron chi connectivity index (χ4n) is 3.36. The number of hydrogen-bond acceptors (Lipinski definition) is 5. The lowest BCUT2D eigenvalue weighted by Crippen LogP contribution is -2.30. The predicted molar refractivity (Wildman–Crippen MR) is 97.6 cm³/mol. The van der Waals surface area contributed by atoms with Gasteiger partial charge < -0.3 is 9.47 Å². The second-order valence-corrected chi connectivity index (χ2v) is 6.13. The van der Waals surface area contributed by atoms with Gasteiger partial charge in [0.15, 0.2) is 0 Å². The van der Waals surface area contributed by atoms with Crippen LogP contribution in [-0.4, -0.2) is 35.9 Å². The largest absolute Gasteiger partial charge is 0.497 e. The first-order chi connectivity index (χ1) is 13.1. The van der Waals surface area contributed by atoms with Crippen molar-refractivity contribution in [2.24, 2.45) is 0 Å². The lowest BCUT2D eigenvalue weighted by atomic mass is 10.1. The summed E-state index contributed by atoms with van der Waals surface area (Å²) in [5.74, 6) is 0.710. The van der Waals surface area contributed by atoms with Gasteiger partial charge in [0.1, 0.15) is 17.5 Å². The number of rotatable bonds is 5. The van der Waals surface area contributed by atoms with E-state index in [0.29, 0.717) is 17.2 Å². The molecule has 138 valence electrons. The number of carbonyl (C=O) groups excluding carboxylic acids is 2. The van der Waals surface area contributed by atoms with Gasteiger partial charge in [-0.1, -0.05) is 18.2 Å². The molecular formula is C20H18N2O5. The van der Waals surface area contributed by atoms with E-state index in [4.69, 9.17) is 14.3 Å². The predicted octanol–water partition coefficient (Wildman–Crippen LogP) is 3.53. The van der Waals surface area contributed by atoms with Crippen LogP contribution in [0.2, 0.25) is 0 Å². The van der Waals surface area contributed by atoms with Gasteiger partial charge in [0, 0.05) is 5.39 Å². The fraction of sp³-hybridized carbons (Fsp3) is 0.200. The first-order valence-corrected chi connectivity index (χ1v) is 8.45. The summed E-state index contributed by atoms with van der Waals surface area (Å²) < 4.78 is 12.2. The van der Waals surface area contributed by atoms with Gasteiger partial charge in [-0.05, 0) is 36.4 Å². The molecule has 7 heteroatoms. The third-order valence-electron chi connectivity index (χ3n) is 4.57. The number of nitrogens with zero attached hydrogens (tertiary/aromatic N) is 2. The second-order valence-electron chi connectivity index (χ2n) is 6.13. The van der Waals surface area contributed by atoms with E-state index in [2.05, 4.69) is 0 Å². The van der Waals surface area contributed by atoms with Crippen molar-refractivity contribution in [3.8, 4) is 11.5 Å². The first kappa shape index (κ1) is 17.1. The van der Waals surface area contributed by atoms with Gasteiger partial charge in [-0.15, -0.1) is 0 Å². The number of aromatic nitrogens is 1. The molecular weight excluding hydrogens is 348 g/mol. The van der Waals surface area contributed by atoms with Gasteiger partial charge in [0.2, 0.25) is 0 Å². The van der Waals surface area contributed by atoms with Crippen LogP contribution < -0.4 is 9.47 Å². The molecule has 2 heterocycles. The summed E-state index contributed by atoms with van der Waals surface area (Å²) in [5.41, 5.74) is 1.41. The van der Waals surface area contributed by atoms with E-state index in [0.717, 1.165) is 10.9 Å². The van der Waals surface area contributed by atoms with E-state index in [-0.39, 0.29) is 12.5 Å². The van der Waals surface area contributed by atoms with Crippen LogP contribution in [0, 0.1) is 0 Å². The molecule has 0 saturated heterocycles. The molecule has 0 bridgehead atoms. The average Bonchev–Trinajstić information content (AvgIpc) is 3.17. The number of para-hydroxylation sites is 1. The summed E-state index contributed by atoms with van der Waals surface area (Å²) in [6.07, 6.45) is -0.0259. The van der Waals surface area contributed by atoms with Crippen molar-refractivity contribution in [2.45, 2.75) is 12.5 Å². The van der Waals surface area contributed by atoms with E-state index in [1.54, 1.807) is 42.0 Å². The molecule has 1 aliphatic heterocycles. The Bertz CT molecular complexity index is 1010. The van der Waals surface area contributed by atoms with Crippen LogP contribution in [0.25, 0.3) is 10.9 Å². The minimum atomic E-state index is -0.572.